The van der Waals surface area contributed by atoms with E-state index in [1.807, 2.05) is 24.3 Å². The molecule has 172 valence electrons. The molecule has 0 saturated heterocycles. The first-order valence-corrected chi connectivity index (χ1v) is 11.6. The van der Waals surface area contributed by atoms with Gasteiger partial charge in [0.25, 0.3) is 0 Å². The Hall–Kier alpha value is -3.35. The van der Waals surface area contributed by atoms with E-state index in [-0.39, 0.29) is 36.3 Å². The van der Waals surface area contributed by atoms with Crippen LogP contribution < -0.4 is 10.6 Å². The Labute approximate surface area is 192 Å². The van der Waals surface area contributed by atoms with Crippen molar-refractivity contribution in [1.29, 1.82) is 0 Å². The van der Waals surface area contributed by atoms with Crippen molar-refractivity contribution in [2.45, 2.75) is 44.2 Å². The van der Waals surface area contributed by atoms with Gasteiger partial charge in [-0.3, -0.25) is 9.59 Å². The molecule has 0 aliphatic heterocycles. The Morgan fingerprint density at radius 2 is 1.64 bits per heavy atom. The second-order valence-electron chi connectivity index (χ2n) is 9.47. The van der Waals surface area contributed by atoms with Gasteiger partial charge in [0.05, 0.1) is 0 Å². The lowest BCUT2D eigenvalue weighted by molar-refractivity contribution is -0.141. The van der Waals surface area contributed by atoms with Gasteiger partial charge in [-0.15, -0.1) is 0 Å². The highest BCUT2D eigenvalue weighted by molar-refractivity contribution is 5.85. The maximum absolute atomic E-state index is 12.6. The predicted octanol–water partition coefficient (Wildman–Crippen LogP) is 3.53. The fourth-order valence-electron chi connectivity index (χ4n) is 5.79. The third kappa shape index (κ3) is 3.96. The van der Waals surface area contributed by atoms with Crippen molar-refractivity contribution in [1.82, 2.24) is 10.6 Å². The summed E-state index contributed by atoms with van der Waals surface area (Å²) in [7, 11) is 0. The number of ether oxygens (including phenoxy) is 1. The predicted molar refractivity (Wildman–Crippen MR) is 122 cm³/mol. The van der Waals surface area contributed by atoms with E-state index in [9.17, 15) is 14.4 Å². The maximum atomic E-state index is 12.6. The molecule has 0 spiro atoms. The van der Waals surface area contributed by atoms with Crippen LogP contribution in [0.4, 0.5) is 4.79 Å². The van der Waals surface area contributed by atoms with Gasteiger partial charge in [-0.25, -0.2) is 4.79 Å². The second kappa shape index (κ2) is 8.54. The number of hydrogen-bond donors (Lipinski definition) is 3. The van der Waals surface area contributed by atoms with Crippen LogP contribution in [0.2, 0.25) is 0 Å². The number of carbonyl (C=O) groups is 3. The van der Waals surface area contributed by atoms with Crippen LogP contribution in [0, 0.1) is 17.8 Å². The Balaban J connectivity index is 1.14. The van der Waals surface area contributed by atoms with Crippen LogP contribution in [0.1, 0.15) is 43.2 Å². The van der Waals surface area contributed by atoms with E-state index >= 15 is 0 Å². The van der Waals surface area contributed by atoms with Gasteiger partial charge in [0.1, 0.15) is 12.6 Å². The average Bonchev–Trinajstić information content (AvgIpc) is 3.31. The van der Waals surface area contributed by atoms with Crippen LogP contribution in [-0.4, -0.2) is 41.8 Å². The lowest BCUT2D eigenvalue weighted by atomic mass is 9.71. The molecular weight excluding hydrogens is 420 g/mol. The molecule has 1 unspecified atom stereocenters. The largest absolute Gasteiger partial charge is 0.480 e. The first kappa shape index (κ1) is 21.5. The number of carbonyl (C=O) groups excluding carboxylic acids is 2. The summed E-state index contributed by atoms with van der Waals surface area (Å²) in [5.74, 6) is -0.802. The van der Waals surface area contributed by atoms with Gasteiger partial charge in [0.15, 0.2) is 0 Å². The fourth-order valence-corrected chi connectivity index (χ4v) is 5.79. The standard InChI is InChI=1S/C26H28N2O5/c1-14(25(30)31)27-24(29)16-10-15-12-23(21(15)11-16)28-26(32)33-13-22-19-8-4-2-6-17(19)18-7-3-5-9-20(18)22/h2-9,14-16,21-23H,10-13H2,1H3,(H,27,29)(H,28,32)(H,30,31)/t14-,15+,16?,21+,23-/m0/s1. The van der Waals surface area contributed by atoms with Crippen molar-refractivity contribution < 1.29 is 24.2 Å². The third-order valence-corrected chi connectivity index (χ3v) is 7.57. The van der Waals surface area contributed by atoms with E-state index in [1.165, 1.54) is 29.2 Å². The van der Waals surface area contributed by atoms with Gasteiger partial charge in [0, 0.05) is 17.9 Å². The molecule has 5 atom stereocenters. The molecule has 3 aliphatic rings. The Kier molecular flexibility index (Phi) is 5.56. The monoisotopic (exact) mass is 448 g/mol. The van der Waals surface area contributed by atoms with Crippen molar-refractivity contribution in [2.24, 2.45) is 17.8 Å². The molecule has 2 aromatic rings. The van der Waals surface area contributed by atoms with Crippen LogP contribution in [0.25, 0.3) is 11.1 Å². The van der Waals surface area contributed by atoms with Crippen molar-refractivity contribution >= 4 is 18.0 Å². The molecule has 0 radical (unpaired) electrons. The minimum Gasteiger partial charge on any atom is -0.480 e. The molecule has 2 fully saturated rings. The minimum absolute atomic E-state index is 0.000322. The zero-order valence-electron chi connectivity index (χ0n) is 18.5. The lowest BCUT2D eigenvalue weighted by Gasteiger charge is -2.40. The lowest BCUT2D eigenvalue weighted by Crippen LogP contribution is -2.50. The number of benzene rings is 2. The Morgan fingerprint density at radius 1 is 1.00 bits per heavy atom. The molecule has 2 amide bonds. The van der Waals surface area contributed by atoms with Crippen LogP contribution in [0.15, 0.2) is 48.5 Å². The van der Waals surface area contributed by atoms with Crippen molar-refractivity contribution in [3.63, 3.8) is 0 Å². The third-order valence-electron chi connectivity index (χ3n) is 7.57. The van der Waals surface area contributed by atoms with Gasteiger partial charge in [-0.2, -0.15) is 0 Å². The summed E-state index contributed by atoms with van der Waals surface area (Å²) in [4.78, 5) is 35.9. The van der Waals surface area contributed by atoms with E-state index in [2.05, 4.69) is 34.9 Å². The summed E-state index contributed by atoms with van der Waals surface area (Å²) in [6.45, 7) is 1.74. The van der Waals surface area contributed by atoms with Gasteiger partial charge in [-0.05, 0) is 60.3 Å². The van der Waals surface area contributed by atoms with Gasteiger partial charge in [0.2, 0.25) is 5.91 Å². The van der Waals surface area contributed by atoms with Crippen molar-refractivity contribution in [3.8, 4) is 11.1 Å². The molecule has 33 heavy (non-hydrogen) atoms. The zero-order valence-corrected chi connectivity index (χ0v) is 18.5. The highest BCUT2D eigenvalue weighted by Crippen LogP contribution is 2.50. The summed E-state index contributed by atoms with van der Waals surface area (Å²) in [5, 5.41) is 14.5. The zero-order chi connectivity index (χ0) is 23.1. The SMILES string of the molecule is C[C@H](NC(=O)C1C[C@@H]2C[C@H](NC(=O)OCC3c4ccccc4-c4ccccc43)[C@@H]2C1)C(=O)O. The molecule has 7 heteroatoms. The number of hydrogen-bond acceptors (Lipinski definition) is 4. The van der Waals surface area contributed by atoms with E-state index < -0.39 is 18.1 Å². The summed E-state index contributed by atoms with van der Waals surface area (Å²) in [6, 6.07) is 15.6. The molecular formula is C26H28N2O5. The highest BCUT2D eigenvalue weighted by Gasteiger charge is 2.50. The Morgan fingerprint density at radius 3 is 2.27 bits per heavy atom. The average molecular weight is 449 g/mol. The molecule has 2 saturated carbocycles. The summed E-state index contributed by atoms with van der Waals surface area (Å²) >= 11 is 0. The van der Waals surface area contributed by atoms with E-state index in [1.54, 1.807) is 0 Å². The number of fused-ring (bicyclic) bond motifs is 4. The van der Waals surface area contributed by atoms with Crippen molar-refractivity contribution in [3.05, 3.63) is 59.7 Å². The van der Waals surface area contributed by atoms with Gasteiger partial charge >= 0.3 is 12.1 Å². The number of aliphatic carboxylic acids is 1. The smallest absolute Gasteiger partial charge is 0.407 e. The number of amides is 2. The van der Waals surface area contributed by atoms with E-state index in [4.69, 9.17) is 9.84 Å². The summed E-state index contributed by atoms with van der Waals surface area (Å²) in [5.41, 5.74) is 4.73. The van der Waals surface area contributed by atoms with Gasteiger partial charge in [-0.1, -0.05) is 48.5 Å². The molecule has 0 heterocycles. The molecule has 3 N–H and O–H groups in total. The molecule has 0 bridgehead atoms. The summed E-state index contributed by atoms with van der Waals surface area (Å²) < 4.78 is 5.65. The number of carboxylic acids is 1. The van der Waals surface area contributed by atoms with Crippen molar-refractivity contribution in [2.75, 3.05) is 6.61 Å². The second-order valence-corrected chi connectivity index (χ2v) is 9.47. The highest BCUT2D eigenvalue weighted by atomic mass is 16.5. The molecule has 7 nitrogen and oxygen atoms in total. The first-order chi connectivity index (χ1) is 15.9. The van der Waals surface area contributed by atoms with Crippen LogP contribution in [-0.2, 0) is 14.3 Å². The number of alkyl carbamates (subject to hydrolysis) is 1. The molecule has 0 aromatic heterocycles. The van der Waals surface area contributed by atoms with Gasteiger partial charge < -0.3 is 20.5 Å². The fraction of sp³-hybridized carbons (Fsp3) is 0.423. The number of rotatable bonds is 6. The quantitative estimate of drug-likeness (QED) is 0.627. The first-order valence-electron chi connectivity index (χ1n) is 11.6. The topological polar surface area (TPSA) is 105 Å². The van der Waals surface area contributed by atoms with Crippen LogP contribution >= 0.6 is 0 Å². The van der Waals surface area contributed by atoms with E-state index in [0.717, 1.165) is 12.8 Å². The minimum atomic E-state index is -1.04. The summed E-state index contributed by atoms with van der Waals surface area (Å²) in [6.07, 6.45) is 1.81. The Bertz CT molecular complexity index is 1050. The molecule has 5 rings (SSSR count). The molecule has 3 aliphatic carbocycles. The number of nitrogens with one attached hydrogen (secondary N) is 2. The number of carboxylic acid groups (broad SMARTS) is 1. The normalized spacial score (nSPS) is 25.7. The van der Waals surface area contributed by atoms with Crippen LogP contribution in [0.5, 0.6) is 0 Å². The van der Waals surface area contributed by atoms with Crippen LogP contribution in [0.3, 0.4) is 0 Å². The maximum Gasteiger partial charge on any atom is 0.407 e. The van der Waals surface area contributed by atoms with E-state index in [0.29, 0.717) is 12.3 Å². The molecule has 2 aromatic carbocycles.